The molecule has 4 nitrogen and oxygen atoms in total. The topological polar surface area (TPSA) is 60.8 Å². The third kappa shape index (κ3) is 14.7. The number of likely N-dealkylation sites (N-methyl/N-ethyl adjacent to an activating group) is 1. The van der Waals surface area contributed by atoms with Crippen molar-refractivity contribution in [3.8, 4) is 0 Å². The molecule has 1 unspecified atom stereocenters. The van der Waals surface area contributed by atoms with Crippen molar-refractivity contribution in [2.24, 2.45) is 0 Å². The average Bonchev–Trinajstić information content (AvgIpc) is 2.64. The van der Waals surface area contributed by atoms with Gasteiger partial charge in [0, 0.05) is 13.0 Å². The monoisotopic (exact) mass is 381 g/mol. The lowest BCUT2D eigenvalue weighted by Gasteiger charge is -2.27. The predicted octanol–water partition coefficient (Wildman–Crippen LogP) is 4.65. The van der Waals surface area contributed by atoms with Crippen LogP contribution >= 0.6 is 0 Å². The fraction of sp³-hybridized carbons (Fsp3) is 0.783. The number of aliphatic hydroxyl groups is 2. The highest BCUT2D eigenvalue weighted by molar-refractivity contribution is 5.87. The quantitative estimate of drug-likeness (QED) is 0.268. The molecule has 0 heterocycles. The van der Waals surface area contributed by atoms with Gasteiger partial charge in [0.15, 0.2) is 11.4 Å². The van der Waals surface area contributed by atoms with Gasteiger partial charge in [0.2, 0.25) is 0 Å². The van der Waals surface area contributed by atoms with Gasteiger partial charge in [-0.05, 0) is 52.6 Å². The standard InChI is InChI=1S/C23H43NO3/c1-4-5-6-7-8-9-10-11-12-13-14-15-16-17-18-19-22(26)23(27,21-25)20-24(2)3/h8-9,11-12,25,27H,4-7,10,13-21H2,1-3H3/b9-8-,12-11-. The number of ketones is 1. The molecule has 0 aromatic heterocycles. The highest BCUT2D eigenvalue weighted by atomic mass is 16.3. The molecule has 0 spiro atoms. The number of carbonyl (C=O) groups excluding carboxylic acids is 1. The van der Waals surface area contributed by atoms with Gasteiger partial charge in [0.05, 0.1) is 6.61 Å². The highest BCUT2D eigenvalue weighted by Crippen LogP contribution is 2.14. The fourth-order valence-electron chi connectivity index (χ4n) is 3.08. The van der Waals surface area contributed by atoms with Crippen LogP contribution in [-0.2, 0) is 4.79 Å². The number of unbranched alkanes of at least 4 members (excludes halogenated alkanes) is 8. The van der Waals surface area contributed by atoms with Gasteiger partial charge in [0.25, 0.3) is 0 Å². The predicted molar refractivity (Wildman–Crippen MR) is 115 cm³/mol. The number of allylic oxidation sites excluding steroid dienone is 4. The lowest BCUT2D eigenvalue weighted by Crippen LogP contribution is -2.50. The third-order valence-corrected chi connectivity index (χ3v) is 4.71. The molecule has 0 aliphatic heterocycles. The maximum Gasteiger partial charge on any atom is 0.168 e. The van der Waals surface area contributed by atoms with Gasteiger partial charge < -0.3 is 15.1 Å². The summed E-state index contributed by atoms with van der Waals surface area (Å²) in [7, 11) is 3.57. The minimum absolute atomic E-state index is 0.169. The summed E-state index contributed by atoms with van der Waals surface area (Å²) in [5.74, 6) is -0.246. The largest absolute Gasteiger partial charge is 0.393 e. The molecular weight excluding hydrogens is 338 g/mol. The van der Waals surface area contributed by atoms with Crippen molar-refractivity contribution in [1.82, 2.24) is 4.90 Å². The summed E-state index contributed by atoms with van der Waals surface area (Å²) < 4.78 is 0. The van der Waals surface area contributed by atoms with Gasteiger partial charge in [-0.3, -0.25) is 4.79 Å². The van der Waals surface area contributed by atoms with Crippen LogP contribution in [0.15, 0.2) is 24.3 Å². The van der Waals surface area contributed by atoms with Crippen molar-refractivity contribution in [3.63, 3.8) is 0 Å². The molecule has 0 rings (SSSR count). The second-order valence-corrected chi connectivity index (χ2v) is 7.83. The van der Waals surface area contributed by atoms with E-state index in [4.69, 9.17) is 0 Å². The van der Waals surface area contributed by atoms with Crippen LogP contribution in [0.2, 0.25) is 0 Å². The van der Waals surface area contributed by atoms with Crippen molar-refractivity contribution in [3.05, 3.63) is 24.3 Å². The van der Waals surface area contributed by atoms with Crippen LogP contribution in [-0.4, -0.2) is 53.7 Å². The van der Waals surface area contributed by atoms with Crippen molar-refractivity contribution in [2.75, 3.05) is 27.2 Å². The first-order valence-electron chi connectivity index (χ1n) is 10.8. The van der Waals surface area contributed by atoms with E-state index in [0.29, 0.717) is 6.42 Å². The molecule has 0 radical (unpaired) electrons. The number of aliphatic hydroxyl groups excluding tert-OH is 1. The maximum atomic E-state index is 12.1. The van der Waals surface area contributed by atoms with Gasteiger partial charge in [-0.2, -0.15) is 0 Å². The Morgan fingerprint density at radius 2 is 1.44 bits per heavy atom. The molecule has 4 heteroatoms. The molecule has 0 amide bonds. The first kappa shape index (κ1) is 26.0. The van der Waals surface area contributed by atoms with Gasteiger partial charge in [-0.25, -0.2) is 0 Å². The normalized spacial score (nSPS) is 14.4. The molecule has 1 atom stereocenters. The lowest BCUT2D eigenvalue weighted by atomic mass is 9.94. The Hall–Kier alpha value is -0.970. The van der Waals surface area contributed by atoms with E-state index in [0.717, 1.165) is 32.1 Å². The Kier molecular flexibility index (Phi) is 16.5. The van der Waals surface area contributed by atoms with Crippen molar-refractivity contribution >= 4 is 5.78 Å². The minimum atomic E-state index is -1.61. The van der Waals surface area contributed by atoms with E-state index in [9.17, 15) is 15.0 Å². The van der Waals surface area contributed by atoms with Crippen molar-refractivity contribution < 1.29 is 15.0 Å². The fourth-order valence-corrected chi connectivity index (χ4v) is 3.08. The molecule has 0 aliphatic rings. The summed E-state index contributed by atoms with van der Waals surface area (Å²) in [5, 5.41) is 19.5. The SMILES string of the molecule is CCCCC/C=C\C/C=C\CCCCCCCC(=O)C(O)(CO)CN(C)C. The third-order valence-electron chi connectivity index (χ3n) is 4.71. The van der Waals surface area contributed by atoms with Gasteiger partial charge in [-0.1, -0.05) is 63.3 Å². The first-order valence-corrected chi connectivity index (χ1v) is 10.8. The summed E-state index contributed by atoms with van der Waals surface area (Å²) in [6.07, 6.45) is 21.9. The molecule has 0 bridgehead atoms. The molecule has 0 aromatic carbocycles. The zero-order valence-electron chi connectivity index (χ0n) is 18.0. The Labute approximate surface area is 167 Å². The van der Waals surface area contributed by atoms with Crippen LogP contribution in [0.4, 0.5) is 0 Å². The molecule has 0 fully saturated rings. The summed E-state index contributed by atoms with van der Waals surface area (Å²) in [6, 6.07) is 0. The number of carbonyl (C=O) groups is 1. The van der Waals surface area contributed by atoms with Gasteiger partial charge in [0.1, 0.15) is 0 Å². The minimum Gasteiger partial charge on any atom is -0.393 e. The van der Waals surface area contributed by atoms with E-state index < -0.39 is 12.2 Å². The molecular formula is C23H43NO3. The number of Topliss-reactive ketones (excluding diaryl/α,β-unsaturated/α-hetero) is 1. The van der Waals surface area contributed by atoms with E-state index in [1.807, 2.05) is 0 Å². The van der Waals surface area contributed by atoms with E-state index in [2.05, 4.69) is 31.2 Å². The van der Waals surface area contributed by atoms with E-state index in [-0.39, 0.29) is 12.3 Å². The number of rotatable bonds is 18. The van der Waals surface area contributed by atoms with Crippen LogP contribution in [0.25, 0.3) is 0 Å². The van der Waals surface area contributed by atoms with Crippen molar-refractivity contribution in [2.45, 2.75) is 89.6 Å². The average molecular weight is 382 g/mol. The maximum absolute atomic E-state index is 12.1. The molecule has 158 valence electrons. The number of nitrogens with zero attached hydrogens (tertiary/aromatic N) is 1. The van der Waals surface area contributed by atoms with Crippen molar-refractivity contribution in [1.29, 1.82) is 0 Å². The molecule has 0 aromatic rings. The van der Waals surface area contributed by atoms with E-state index in [1.54, 1.807) is 19.0 Å². The smallest absolute Gasteiger partial charge is 0.168 e. The summed E-state index contributed by atoms with van der Waals surface area (Å²) in [6.45, 7) is 1.89. The van der Waals surface area contributed by atoms with E-state index in [1.165, 1.54) is 38.5 Å². The van der Waals surface area contributed by atoms with Crippen LogP contribution in [0.5, 0.6) is 0 Å². The summed E-state index contributed by atoms with van der Waals surface area (Å²) in [5.41, 5.74) is -1.61. The Bertz CT molecular complexity index is 418. The Morgan fingerprint density at radius 3 is 2.00 bits per heavy atom. The second kappa shape index (κ2) is 17.2. The first-order chi connectivity index (χ1) is 13.0. The van der Waals surface area contributed by atoms with Gasteiger partial charge in [-0.15, -0.1) is 0 Å². The van der Waals surface area contributed by atoms with Crippen LogP contribution < -0.4 is 0 Å². The second-order valence-electron chi connectivity index (χ2n) is 7.83. The zero-order chi connectivity index (χ0) is 20.4. The molecule has 0 aliphatic carbocycles. The Morgan fingerprint density at radius 1 is 0.889 bits per heavy atom. The molecule has 27 heavy (non-hydrogen) atoms. The number of hydrogen-bond donors (Lipinski definition) is 2. The Balaban J connectivity index is 3.61. The van der Waals surface area contributed by atoms with Crippen LogP contribution in [0, 0.1) is 0 Å². The molecule has 2 N–H and O–H groups in total. The summed E-state index contributed by atoms with van der Waals surface area (Å²) in [4.78, 5) is 13.8. The molecule has 0 saturated heterocycles. The zero-order valence-corrected chi connectivity index (χ0v) is 18.0. The van der Waals surface area contributed by atoms with Crippen LogP contribution in [0.3, 0.4) is 0 Å². The van der Waals surface area contributed by atoms with Gasteiger partial charge >= 0.3 is 0 Å². The van der Waals surface area contributed by atoms with E-state index >= 15 is 0 Å². The highest BCUT2D eigenvalue weighted by Gasteiger charge is 2.34. The van der Waals surface area contributed by atoms with Crippen LogP contribution in [0.1, 0.15) is 84.0 Å². The summed E-state index contributed by atoms with van der Waals surface area (Å²) >= 11 is 0. The molecule has 0 saturated carbocycles. The lowest BCUT2D eigenvalue weighted by molar-refractivity contribution is -0.143. The number of hydrogen-bond acceptors (Lipinski definition) is 4.